The number of carboxylic acids is 1. The second-order valence-electron chi connectivity index (χ2n) is 5.85. The highest BCUT2D eigenvalue weighted by Gasteiger charge is 2.28. The second kappa shape index (κ2) is 8.28. The summed E-state index contributed by atoms with van der Waals surface area (Å²) in [6, 6.07) is 7.44. The molecule has 1 aliphatic rings. The van der Waals surface area contributed by atoms with E-state index >= 15 is 0 Å². The van der Waals surface area contributed by atoms with Gasteiger partial charge in [-0.2, -0.15) is 0 Å². The van der Waals surface area contributed by atoms with Crippen molar-refractivity contribution in [3.8, 4) is 5.75 Å². The summed E-state index contributed by atoms with van der Waals surface area (Å²) in [5, 5.41) is 9.61. The van der Waals surface area contributed by atoms with Gasteiger partial charge in [0, 0.05) is 11.4 Å². The summed E-state index contributed by atoms with van der Waals surface area (Å²) in [5.74, 6) is 1.13. The van der Waals surface area contributed by atoms with E-state index in [2.05, 4.69) is 0 Å². The van der Waals surface area contributed by atoms with E-state index in [0.29, 0.717) is 29.9 Å². The van der Waals surface area contributed by atoms with Crippen molar-refractivity contribution in [2.24, 2.45) is 11.8 Å². The van der Waals surface area contributed by atoms with Gasteiger partial charge in [0.1, 0.15) is 5.75 Å². The topological polar surface area (TPSA) is 46.5 Å². The molecule has 1 fully saturated rings. The van der Waals surface area contributed by atoms with Gasteiger partial charge in [-0.05, 0) is 49.3 Å². The lowest BCUT2D eigenvalue weighted by molar-refractivity contribution is -0.138. The van der Waals surface area contributed by atoms with Crippen molar-refractivity contribution in [2.45, 2.75) is 44.9 Å². The van der Waals surface area contributed by atoms with Crippen molar-refractivity contribution in [2.75, 3.05) is 6.61 Å². The zero-order chi connectivity index (χ0) is 15.1. The quantitative estimate of drug-likeness (QED) is 0.703. The summed E-state index contributed by atoms with van der Waals surface area (Å²) in [7, 11) is 0. The largest absolute Gasteiger partial charge is 0.494 e. The number of carbonyl (C=O) groups is 1. The van der Waals surface area contributed by atoms with Crippen LogP contribution in [0.5, 0.6) is 5.75 Å². The molecule has 0 amide bonds. The van der Waals surface area contributed by atoms with E-state index in [4.69, 9.17) is 21.4 Å². The number of hydrogen-bond donors (Lipinski definition) is 1. The van der Waals surface area contributed by atoms with Crippen molar-refractivity contribution in [1.29, 1.82) is 0 Å². The van der Waals surface area contributed by atoms with Crippen LogP contribution in [0, 0.1) is 11.8 Å². The number of unbranched alkanes of at least 4 members (excludes halogenated alkanes) is 1. The summed E-state index contributed by atoms with van der Waals surface area (Å²) in [4.78, 5) is 10.8. The maximum atomic E-state index is 10.8. The van der Waals surface area contributed by atoms with E-state index in [1.165, 1.54) is 12.8 Å². The molecule has 1 aromatic rings. The molecule has 2 rings (SSSR count). The maximum absolute atomic E-state index is 10.8. The average molecular weight is 311 g/mol. The molecule has 1 aliphatic carbocycles. The standard InChI is InChI=1S/C17H23ClO3/c18-15-8-4-9-16(12-15)21-10-2-1-5-13-6-3-7-14(13)11-17(19)20/h4,8-9,12-14H,1-3,5-7,10-11H2,(H,19,20)/t13?,14-/m1/s1. The molecule has 0 saturated heterocycles. The highest BCUT2D eigenvalue weighted by Crippen LogP contribution is 2.37. The van der Waals surface area contributed by atoms with Gasteiger partial charge in [-0.15, -0.1) is 0 Å². The minimum atomic E-state index is -0.656. The highest BCUT2D eigenvalue weighted by molar-refractivity contribution is 6.30. The molecule has 1 N–H and O–H groups in total. The predicted molar refractivity (Wildman–Crippen MR) is 83.9 cm³/mol. The van der Waals surface area contributed by atoms with Crippen molar-refractivity contribution in [3.63, 3.8) is 0 Å². The molecule has 0 radical (unpaired) electrons. The number of benzene rings is 1. The third-order valence-electron chi connectivity index (χ3n) is 4.29. The van der Waals surface area contributed by atoms with E-state index in [1.807, 2.05) is 24.3 Å². The Morgan fingerprint density at radius 1 is 1.29 bits per heavy atom. The monoisotopic (exact) mass is 310 g/mol. The van der Waals surface area contributed by atoms with Gasteiger partial charge in [0.2, 0.25) is 0 Å². The molecule has 3 nitrogen and oxygen atoms in total. The Morgan fingerprint density at radius 2 is 2.10 bits per heavy atom. The van der Waals surface area contributed by atoms with Gasteiger partial charge in [-0.3, -0.25) is 4.79 Å². The van der Waals surface area contributed by atoms with Crippen LogP contribution in [0.15, 0.2) is 24.3 Å². The SMILES string of the molecule is O=C(O)C[C@H]1CCCC1CCCCOc1cccc(Cl)c1. The van der Waals surface area contributed by atoms with Crippen molar-refractivity contribution >= 4 is 17.6 Å². The molecule has 4 heteroatoms. The Labute approximate surface area is 131 Å². The third kappa shape index (κ3) is 5.58. The smallest absolute Gasteiger partial charge is 0.303 e. The Bertz CT molecular complexity index is 461. The Hall–Kier alpha value is -1.22. The van der Waals surface area contributed by atoms with Crippen LogP contribution >= 0.6 is 11.6 Å². The maximum Gasteiger partial charge on any atom is 0.303 e. The molecule has 1 saturated carbocycles. The molecule has 0 spiro atoms. The van der Waals surface area contributed by atoms with Crippen LogP contribution in [0.25, 0.3) is 0 Å². The van der Waals surface area contributed by atoms with Gasteiger partial charge < -0.3 is 9.84 Å². The zero-order valence-corrected chi connectivity index (χ0v) is 13.0. The molecule has 1 unspecified atom stereocenters. The Balaban J connectivity index is 1.62. The molecule has 116 valence electrons. The lowest BCUT2D eigenvalue weighted by Gasteiger charge is -2.17. The van der Waals surface area contributed by atoms with Gasteiger partial charge in [0.15, 0.2) is 0 Å². The fourth-order valence-electron chi connectivity index (χ4n) is 3.24. The second-order valence-corrected chi connectivity index (χ2v) is 6.29. The van der Waals surface area contributed by atoms with Gasteiger partial charge >= 0.3 is 5.97 Å². The lowest BCUT2D eigenvalue weighted by atomic mass is 9.89. The predicted octanol–water partition coefficient (Wildman–Crippen LogP) is 4.78. The van der Waals surface area contributed by atoms with Crippen LogP contribution in [-0.2, 0) is 4.79 Å². The lowest BCUT2D eigenvalue weighted by Crippen LogP contribution is -2.13. The van der Waals surface area contributed by atoms with E-state index < -0.39 is 5.97 Å². The number of rotatable bonds is 8. The third-order valence-corrected chi connectivity index (χ3v) is 4.52. The van der Waals surface area contributed by atoms with Gasteiger partial charge in [-0.25, -0.2) is 0 Å². The number of aliphatic carboxylic acids is 1. The van der Waals surface area contributed by atoms with Gasteiger partial charge in [0.25, 0.3) is 0 Å². The minimum Gasteiger partial charge on any atom is -0.494 e. The molecule has 0 aromatic heterocycles. The zero-order valence-electron chi connectivity index (χ0n) is 12.3. The fraction of sp³-hybridized carbons (Fsp3) is 0.588. The van der Waals surface area contributed by atoms with Crippen molar-refractivity contribution in [3.05, 3.63) is 29.3 Å². The minimum absolute atomic E-state index is 0.337. The first-order chi connectivity index (χ1) is 10.1. The van der Waals surface area contributed by atoms with Crippen LogP contribution in [0.3, 0.4) is 0 Å². The average Bonchev–Trinajstić information content (AvgIpc) is 2.85. The molecule has 0 bridgehead atoms. The molecular formula is C17H23ClO3. The first kappa shape index (κ1) is 16.2. The summed E-state index contributed by atoms with van der Waals surface area (Å²) in [5.41, 5.74) is 0. The van der Waals surface area contributed by atoms with Crippen LogP contribution in [-0.4, -0.2) is 17.7 Å². The summed E-state index contributed by atoms with van der Waals surface area (Å²) in [6.07, 6.45) is 7.01. The van der Waals surface area contributed by atoms with E-state index in [-0.39, 0.29) is 0 Å². The van der Waals surface area contributed by atoms with Crippen LogP contribution in [0.4, 0.5) is 0 Å². The summed E-state index contributed by atoms with van der Waals surface area (Å²) >= 11 is 5.90. The molecule has 0 aliphatic heterocycles. The molecular weight excluding hydrogens is 288 g/mol. The first-order valence-electron chi connectivity index (χ1n) is 7.75. The molecule has 2 atom stereocenters. The number of halogens is 1. The highest BCUT2D eigenvalue weighted by atomic mass is 35.5. The molecule has 1 aromatic carbocycles. The van der Waals surface area contributed by atoms with Gasteiger partial charge in [-0.1, -0.05) is 36.9 Å². The van der Waals surface area contributed by atoms with E-state index in [1.54, 1.807) is 0 Å². The molecule has 21 heavy (non-hydrogen) atoms. The summed E-state index contributed by atoms with van der Waals surface area (Å²) < 4.78 is 5.66. The Kier molecular flexibility index (Phi) is 6.37. The van der Waals surface area contributed by atoms with E-state index in [0.717, 1.165) is 31.4 Å². The van der Waals surface area contributed by atoms with Crippen LogP contribution in [0.1, 0.15) is 44.9 Å². The van der Waals surface area contributed by atoms with Gasteiger partial charge in [0.05, 0.1) is 6.61 Å². The van der Waals surface area contributed by atoms with E-state index in [9.17, 15) is 4.79 Å². The van der Waals surface area contributed by atoms with Crippen LogP contribution in [0.2, 0.25) is 5.02 Å². The first-order valence-corrected chi connectivity index (χ1v) is 8.13. The number of ether oxygens (including phenoxy) is 1. The fourth-order valence-corrected chi connectivity index (χ4v) is 3.42. The van der Waals surface area contributed by atoms with Crippen molar-refractivity contribution in [1.82, 2.24) is 0 Å². The molecule has 0 heterocycles. The number of carboxylic acid groups (broad SMARTS) is 1. The summed E-state index contributed by atoms with van der Waals surface area (Å²) in [6.45, 7) is 0.691. The van der Waals surface area contributed by atoms with Crippen LogP contribution < -0.4 is 4.74 Å². The van der Waals surface area contributed by atoms with Crippen molar-refractivity contribution < 1.29 is 14.6 Å². The normalized spacial score (nSPS) is 21.4. The number of hydrogen-bond acceptors (Lipinski definition) is 2. The Morgan fingerprint density at radius 3 is 2.86 bits per heavy atom.